The van der Waals surface area contributed by atoms with Crippen LogP contribution in [0, 0.1) is 0 Å². The Hall–Kier alpha value is -3.07. The SMILES string of the molecule is COc1ccccc1-c1oc2cccc3[n+]2c1-c1ccccc1-3. The zero-order valence-electron chi connectivity index (χ0n) is 12.6. The fraction of sp³-hybridized carbons (Fsp3) is 0.0500. The third kappa shape index (κ3) is 1.56. The van der Waals surface area contributed by atoms with Gasteiger partial charge < -0.3 is 9.15 Å². The van der Waals surface area contributed by atoms with Gasteiger partial charge in [0.25, 0.3) is 5.69 Å². The maximum absolute atomic E-state index is 6.20. The van der Waals surface area contributed by atoms with Gasteiger partial charge in [0.15, 0.2) is 0 Å². The highest BCUT2D eigenvalue weighted by atomic mass is 16.5. The van der Waals surface area contributed by atoms with E-state index in [4.69, 9.17) is 9.15 Å². The van der Waals surface area contributed by atoms with Gasteiger partial charge in [-0.25, -0.2) is 0 Å². The number of rotatable bonds is 2. The second-order valence-electron chi connectivity index (χ2n) is 5.61. The van der Waals surface area contributed by atoms with E-state index in [1.807, 2.05) is 36.4 Å². The van der Waals surface area contributed by atoms with E-state index in [2.05, 4.69) is 34.7 Å². The second kappa shape index (κ2) is 4.46. The van der Waals surface area contributed by atoms with Crippen molar-refractivity contribution >= 4 is 5.71 Å². The number of methoxy groups -OCH3 is 1. The quantitative estimate of drug-likeness (QED) is 0.453. The first-order valence-corrected chi connectivity index (χ1v) is 7.59. The molecule has 3 heterocycles. The Bertz CT molecular complexity index is 1060. The summed E-state index contributed by atoms with van der Waals surface area (Å²) < 4.78 is 13.9. The van der Waals surface area contributed by atoms with E-state index in [1.165, 1.54) is 11.1 Å². The van der Waals surface area contributed by atoms with Crippen molar-refractivity contribution in [2.75, 3.05) is 7.11 Å². The Morgan fingerprint density at radius 1 is 0.783 bits per heavy atom. The Balaban J connectivity index is 1.93. The molecule has 0 atom stereocenters. The summed E-state index contributed by atoms with van der Waals surface area (Å²) in [5.74, 6) is 1.66. The predicted octanol–water partition coefficient (Wildman–Crippen LogP) is 4.34. The van der Waals surface area contributed by atoms with Gasteiger partial charge in [0, 0.05) is 6.07 Å². The van der Waals surface area contributed by atoms with Crippen LogP contribution in [0.2, 0.25) is 0 Å². The van der Waals surface area contributed by atoms with Crippen molar-refractivity contribution in [3.05, 3.63) is 66.7 Å². The summed E-state index contributed by atoms with van der Waals surface area (Å²) in [5.41, 5.74) is 6.50. The molecule has 0 saturated carbocycles. The fourth-order valence-corrected chi connectivity index (χ4v) is 3.43. The molecule has 2 aromatic carbocycles. The molecule has 110 valence electrons. The summed E-state index contributed by atoms with van der Waals surface area (Å²) in [6, 6.07) is 22.6. The zero-order chi connectivity index (χ0) is 15.4. The molecule has 3 nitrogen and oxygen atoms in total. The largest absolute Gasteiger partial charge is 0.496 e. The average molecular weight is 300 g/mol. The number of para-hydroxylation sites is 1. The van der Waals surface area contributed by atoms with Gasteiger partial charge in [-0.2, -0.15) is 0 Å². The standard InChI is InChI=1S/C20H14NO2/c1-22-17-11-5-4-9-15(17)20-19-14-8-3-2-7-13(14)16-10-6-12-18(23-20)21(16)19/h2-12H,1H3/q+1. The Morgan fingerprint density at radius 3 is 2.35 bits per heavy atom. The molecule has 0 saturated heterocycles. The molecule has 1 aliphatic heterocycles. The van der Waals surface area contributed by atoms with Crippen LogP contribution in [0.5, 0.6) is 5.75 Å². The van der Waals surface area contributed by atoms with Gasteiger partial charge in [0.2, 0.25) is 11.5 Å². The third-order valence-corrected chi connectivity index (χ3v) is 4.41. The van der Waals surface area contributed by atoms with Crippen LogP contribution in [0.4, 0.5) is 0 Å². The van der Waals surface area contributed by atoms with Gasteiger partial charge in [-0.1, -0.05) is 24.3 Å². The van der Waals surface area contributed by atoms with Crippen molar-refractivity contribution < 1.29 is 13.6 Å². The number of oxazole rings is 1. The fourth-order valence-electron chi connectivity index (χ4n) is 3.43. The van der Waals surface area contributed by atoms with E-state index in [0.717, 1.165) is 34.2 Å². The summed E-state index contributed by atoms with van der Waals surface area (Å²) in [5, 5.41) is 0. The molecule has 4 aromatic rings. The molecular formula is C20H14NO2+. The van der Waals surface area contributed by atoms with E-state index in [-0.39, 0.29) is 0 Å². The van der Waals surface area contributed by atoms with E-state index in [1.54, 1.807) is 7.11 Å². The lowest BCUT2D eigenvalue weighted by molar-refractivity contribution is -0.485. The highest BCUT2D eigenvalue weighted by Crippen LogP contribution is 2.43. The molecule has 0 unspecified atom stereocenters. The molecule has 23 heavy (non-hydrogen) atoms. The molecular weight excluding hydrogens is 286 g/mol. The van der Waals surface area contributed by atoms with Crippen molar-refractivity contribution in [1.29, 1.82) is 0 Å². The lowest BCUT2D eigenvalue weighted by atomic mass is 10.0. The molecule has 3 heteroatoms. The highest BCUT2D eigenvalue weighted by Gasteiger charge is 2.37. The minimum absolute atomic E-state index is 0.814. The minimum atomic E-state index is 0.814. The zero-order valence-corrected chi connectivity index (χ0v) is 12.6. The number of pyridine rings is 1. The number of benzene rings is 2. The molecule has 5 rings (SSSR count). The predicted molar refractivity (Wildman–Crippen MR) is 88.3 cm³/mol. The summed E-state index contributed by atoms with van der Waals surface area (Å²) in [7, 11) is 1.69. The van der Waals surface area contributed by atoms with Gasteiger partial charge in [-0.05, 0) is 30.3 Å². The maximum Gasteiger partial charge on any atom is 0.380 e. The Kier molecular flexibility index (Phi) is 2.42. The molecule has 0 bridgehead atoms. The molecule has 1 aliphatic rings. The molecule has 0 amide bonds. The van der Waals surface area contributed by atoms with Crippen LogP contribution < -0.4 is 9.14 Å². The van der Waals surface area contributed by atoms with Crippen LogP contribution in [0.15, 0.2) is 71.1 Å². The van der Waals surface area contributed by atoms with Gasteiger partial charge >= 0.3 is 5.71 Å². The van der Waals surface area contributed by atoms with Gasteiger partial charge in [0.05, 0.1) is 29.9 Å². The Labute approximate surface area is 133 Å². The third-order valence-electron chi connectivity index (χ3n) is 4.41. The monoisotopic (exact) mass is 300 g/mol. The van der Waals surface area contributed by atoms with Crippen LogP contribution in [0.3, 0.4) is 0 Å². The van der Waals surface area contributed by atoms with Crippen LogP contribution in [0.1, 0.15) is 0 Å². The second-order valence-corrected chi connectivity index (χ2v) is 5.61. The van der Waals surface area contributed by atoms with Crippen LogP contribution in [0.25, 0.3) is 39.6 Å². The topological polar surface area (TPSA) is 26.5 Å². The molecule has 0 radical (unpaired) electrons. The van der Waals surface area contributed by atoms with E-state index < -0.39 is 0 Å². The van der Waals surface area contributed by atoms with E-state index in [0.29, 0.717) is 0 Å². The molecule has 0 N–H and O–H groups in total. The number of aromatic nitrogens is 1. The van der Waals surface area contributed by atoms with Crippen LogP contribution >= 0.6 is 0 Å². The first-order chi connectivity index (χ1) is 11.4. The van der Waals surface area contributed by atoms with Crippen molar-refractivity contribution in [2.24, 2.45) is 0 Å². The van der Waals surface area contributed by atoms with Crippen molar-refractivity contribution in [2.45, 2.75) is 0 Å². The van der Waals surface area contributed by atoms with Crippen molar-refractivity contribution in [1.82, 2.24) is 0 Å². The Morgan fingerprint density at radius 2 is 1.52 bits per heavy atom. The molecule has 0 fully saturated rings. The summed E-state index contributed by atoms with van der Waals surface area (Å²) in [6.45, 7) is 0. The first-order valence-electron chi connectivity index (χ1n) is 7.59. The average Bonchev–Trinajstić information content (AvgIpc) is 3.16. The number of nitrogens with zero attached hydrogens (tertiary/aromatic N) is 1. The number of ether oxygens (including phenoxy) is 1. The number of fused-ring (bicyclic) bond motifs is 3. The van der Waals surface area contributed by atoms with E-state index >= 15 is 0 Å². The number of hydrogen-bond donors (Lipinski definition) is 0. The van der Waals surface area contributed by atoms with Gasteiger partial charge in [-0.15, -0.1) is 4.40 Å². The van der Waals surface area contributed by atoms with Gasteiger partial charge in [-0.3, -0.25) is 0 Å². The summed E-state index contributed by atoms with van der Waals surface area (Å²) >= 11 is 0. The van der Waals surface area contributed by atoms with Gasteiger partial charge in [0.1, 0.15) is 5.75 Å². The van der Waals surface area contributed by atoms with Crippen molar-refractivity contribution in [3.63, 3.8) is 0 Å². The van der Waals surface area contributed by atoms with Crippen LogP contribution in [-0.2, 0) is 0 Å². The molecule has 0 aliphatic carbocycles. The maximum atomic E-state index is 6.20. The summed E-state index contributed by atoms with van der Waals surface area (Å²) in [6.07, 6.45) is 0. The lowest BCUT2D eigenvalue weighted by Crippen LogP contribution is -2.20. The smallest absolute Gasteiger partial charge is 0.380 e. The van der Waals surface area contributed by atoms with E-state index in [9.17, 15) is 0 Å². The lowest BCUT2D eigenvalue weighted by Gasteiger charge is -2.04. The minimum Gasteiger partial charge on any atom is -0.496 e. The molecule has 0 spiro atoms. The normalized spacial score (nSPS) is 11.7. The molecule has 2 aromatic heterocycles. The highest BCUT2D eigenvalue weighted by molar-refractivity contribution is 5.89. The first kappa shape index (κ1) is 12.5. The summed E-state index contributed by atoms with van der Waals surface area (Å²) in [4.78, 5) is 0. The number of hydrogen-bond acceptors (Lipinski definition) is 2. The van der Waals surface area contributed by atoms with Crippen LogP contribution in [-0.4, -0.2) is 7.11 Å². The van der Waals surface area contributed by atoms with Crippen molar-refractivity contribution in [3.8, 4) is 39.6 Å².